The molecule has 1 amide bonds. The number of carbonyl (C=O) groups is 2. The summed E-state index contributed by atoms with van der Waals surface area (Å²) in [4.78, 5) is 39.2. The Bertz CT molecular complexity index is 1090. The molecule has 1 aromatic carbocycles. The number of piperazine rings is 1. The van der Waals surface area contributed by atoms with Crippen LogP contribution < -0.4 is 15.7 Å². The second-order valence-corrected chi connectivity index (χ2v) is 9.44. The number of ether oxygens (including phenoxy) is 1. The molecule has 0 radical (unpaired) electrons. The molecule has 4 rings (SSSR count). The van der Waals surface area contributed by atoms with Gasteiger partial charge in [-0.25, -0.2) is 9.78 Å². The Labute approximate surface area is 205 Å². The first kappa shape index (κ1) is 25.1. The average molecular weight is 481 g/mol. The molecule has 0 saturated carbocycles. The van der Waals surface area contributed by atoms with E-state index in [1.54, 1.807) is 31.5 Å². The summed E-state index contributed by atoms with van der Waals surface area (Å²) >= 11 is 0. The fraction of sp³-hybridized carbons (Fsp3) is 0.500. The van der Waals surface area contributed by atoms with Crippen molar-refractivity contribution in [2.24, 2.45) is 5.92 Å². The standard InChI is InChI=1S/C24H32BN5O5/c1-15(2)22(28-23(31)19-6-5-17-13-35-25(33)21(17)16(19)3)24(32)34-14-18-11-26-12-20(27-18)30-9-7-29(4)8-10-30/h5-6,11-12,15,22,33H,7-10,13-14H2,1-4H3,(H,28,31). The second-order valence-electron chi connectivity index (χ2n) is 9.44. The van der Waals surface area contributed by atoms with Gasteiger partial charge in [-0.3, -0.25) is 9.78 Å². The lowest BCUT2D eigenvalue weighted by Crippen LogP contribution is -2.46. The van der Waals surface area contributed by atoms with Crippen LogP contribution in [0.15, 0.2) is 24.5 Å². The molecule has 3 heterocycles. The molecule has 2 aliphatic heterocycles. The number of likely N-dealkylation sites (N-methyl/N-ethyl adjacent to an activating group) is 1. The number of fused-ring (bicyclic) bond motifs is 1. The summed E-state index contributed by atoms with van der Waals surface area (Å²) in [5, 5.41) is 12.9. The van der Waals surface area contributed by atoms with E-state index in [2.05, 4.69) is 32.1 Å². The zero-order valence-corrected chi connectivity index (χ0v) is 20.7. The van der Waals surface area contributed by atoms with Crippen molar-refractivity contribution in [2.75, 3.05) is 38.1 Å². The van der Waals surface area contributed by atoms with Crippen LogP contribution in [0, 0.1) is 12.8 Å². The maximum atomic E-state index is 13.0. The molecule has 0 spiro atoms. The highest BCUT2D eigenvalue weighted by Crippen LogP contribution is 2.18. The summed E-state index contributed by atoms with van der Waals surface area (Å²) in [6, 6.07) is 2.61. The fourth-order valence-electron chi connectivity index (χ4n) is 4.36. The van der Waals surface area contributed by atoms with Gasteiger partial charge in [0, 0.05) is 31.7 Å². The van der Waals surface area contributed by atoms with E-state index in [0.29, 0.717) is 28.9 Å². The van der Waals surface area contributed by atoms with Crippen LogP contribution in [0.1, 0.15) is 41.0 Å². The normalized spacial score (nSPS) is 16.9. The summed E-state index contributed by atoms with van der Waals surface area (Å²) in [6.07, 6.45) is 3.30. The van der Waals surface area contributed by atoms with Gasteiger partial charge in [0.1, 0.15) is 18.5 Å². The number of rotatable bonds is 7. The third kappa shape index (κ3) is 5.63. The van der Waals surface area contributed by atoms with Crippen molar-refractivity contribution in [3.8, 4) is 0 Å². The molecule has 10 nitrogen and oxygen atoms in total. The Hall–Kier alpha value is -3.02. The Balaban J connectivity index is 1.40. The lowest BCUT2D eigenvalue weighted by Gasteiger charge is -2.33. The lowest BCUT2D eigenvalue weighted by atomic mass is 9.75. The molecule has 11 heteroatoms. The number of nitrogens with one attached hydrogen (secondary N) is 1. The van der Waals surface area contributed by atoms with Crippen molar-refractivity contribution in [1.82, 2.24) is 20.2 Å². The van der Waals surface area contributed by atoms with Crippen LogP contribution in [0.3, 0.4) is 0 Å². The molecular formula is C24H32BN5O5. The van der Waals surface area contributed by atoms with Crippen molar-refractivity contribution in [3.63, 3.8) is 0 Å². The van der Waals surface area contributed by atoms with Crippen LogP contribution in [0.5, 0.6) is 0 Å². The van der Waals surface area contributed by atoms with E-state index in [1.165, 1.54) is 0 Å². The largest absolute Gasteiger partial charge is 0.492 e. The van der Waals surface area contributed by atoms with Gasteiger partial charge in [-0.1, -0.05) is 19.9 Å². The van der Waals surface area contributed by atoms with Gasteiger partial charge < -0.3 is 29.5 Å². The first-order chi connectivity index (χ1) is 16.7. The maximum Gasteiger partial charge on any atom is 0.492 e. The number of aromatic nitrogens is 2. The Morgan fingerprint density at radius 1 is 1.23 bits per heavy atom. The van der Waals surface area contributed by atoms with Gasteiger partial charge in [-0.15, -0.1) is 0 Å². The zero-order chi connectivity index (χ0) is 25.1. The van der Waals surface area contributed by atoms with Gasteiger partial charge in [0.2, 0.25) is 0 Å². The average Bonchev–Trinajstić information content (AvgIpc) is 3.23. The minimum atomic E-state index is -1.05. The highest BCUT2D eigenvalue weighted by atomic mass is 16.5. The van der Waals surface area contributed by atoms with E-state index in [4.69, 9.17) is 9.39 Å². The van der Waals surface area contributed by atoms with Gasteiger partial charge >= 0.3 is 13.1 Å². The van der Waals surface area contributed by atoms with Crippen molar-refractivity contribution >= 4 is 30.3 Å². The number of benzene rings is 1. The number of anilines is 1. The number of nitrogens with zero attached hydrogens (tertiary/aromatic N) is 4. The predicted molar refractivity (Wildman–Crippen MR) is 131 cm³/mol. The van der Waals surface area contributed by atoms with Crippen molar-refractivity contribution in [2.45, 2.75) is 40.0 Å². The van der Waals surface area contributed by atoms with E-state index in [-0.39, 0.29) is 12.5 Å². The number of esters is 1. The van der Waals surface area contributed by atoms with Crippen LogP contribution in [-0.2, 0) is 27.4 Å². The number of carbonyl (C=O) groups excluding carboxylic acids is 2. The Morgan fingerprint density at radius 3 is 2.69 bits per heavy atom. The minimum absolute atomic E-state index is 0.0338. The molecule has 2 aliphatic rings. The molecule has 2 N–H and O–H groups in total. The highest BCUT2D eigenvalue weighted by Gasteiger charge is 2.32. The van der Waals surface area contributed by atoms with E-state index in [9.17, 15) is 14.6 Å². The van der Waals surface area contributed by atoms with Crippen LogP contribution in [0.25, 0.3) is 0 Å². The number of hydrogen-bond donors (Lipinski definition) is 2. The fourth-order valence-corrected chi connectivity index (χ4v) is 4.36. The summed E-state index contributed by atoms with van der Waals surface area (Å²) < 4.78 is 10.8. The predicted octanol–water partition coefficient (Wildman–Crippen LogP) is 0.252. The van der Waals surface area contributed by atoms with Crippen LogP contribution in [0.4, 0.5) is 5.82 Å². The topological polar surface area (TPSA) is 117 Å². The van der Waals surface area contributed by atoms with E-state index < -0.39 is 25.0 Å². The molecular weight excluding hydrogens is 449 g/mol. The van der Waals surface area contributed by atoms with Crippen molar-refractivity contribution in [3.05, 3.63) is 46.9 Å². The zero-order valence-electron chi connectivity index (χ0n) is 20.7. The van der Waals surface area contributed by atoms with E-state index in [1.807, 2.05) is 13.8 Å². The van der Waals surface area contributed by atoms with E-state index in [0.717, 1.165) is 37.6 Å². The minimum Gasteiger partial charge on any atom is -0.458 e. The Morgan fingerprint density at radius 2 is 1.97 bits per heavy atom. The van der Waals surface area contributed by atoms with Crippen LogP contribution in [-0.4, -0.2) is 78.2 Å². The molecule has 2 aromatic rings. The van der Waals surface area contributed by atoms with Gasteiger partial charge in [0.05, 0.1) is 24.7 Å². The van der Waals surface area contributed by atoms with Crippen molar-refractivity contribution in [1.29, 1.82) is 0 Å². The molecule has 1 fully saturated rings. The van der Waals surface area contributed by atoms with Gasteiger partial charge in [0.15, 0.2) is 0 Å². The molecule has 186 valence electrons. The van der Waals surface area contributed by atoms with E-state index >= 15 is 0 Å². The molecule has 0 aliphatic carbocycles. The third-order valence-corrected chi connectivity index (χ3v) is 6.56. The summed E-state index contributed by atoms with van der Waals surface area (Å²) in [5.74, 6) is -0.379. The maximum absolute atomic E-state index is 13.0. The summed E-state index contributed by atoms with van der Waals surface area (Å²) in [6.45, 7) is 9.34. The SMILES string of the molecule is Cc1c(C(=O)NC(C(=O)OCc2cncc(N3CCN(C)CC3)n2)C(C)C)ccc2c1B(O)OC2. The van der Waals surface area contributed by atoms with Crippen LogP contribution in [0.2, 0.25) is 0 Å². The summed E-state index contributed by atoms with van der Waals surface area (Å²) in [5.41, 5.74) is 3.04. The van der Waals surface area contributed by atoms with Crippen molar-refractivity contribution < 1.29 is 24.0 Å². The highest BCUT2D eigenvalue weighted by molar-refractivity contribution is 6.62. The molecule has 35 heavy (non-hydrogen) atoms. The first-order valence-electron chi connectivity index (χ1n) is 11.9. The van der Waals surface area contributed by atoms with Gasteiger partial charge in [-0.05, 0) is 42.5 Å². The molecule has 1 saturated heterocycles. The molecule has 1 aromatic heterocycles. The summed E-state index contributed by atoms with van der Waals surface area (Å²) in [7, 11) is 1.04. The quantitative estimate of drug-likeness (QED) is 0.424. The molecule has 0 bridgehead atoms. The molecule has 1 atom stereocenters. The third-order valence-electron chi connectivity index (χ3n) is 6.56. The van der Waals surface area contributed by atoms with Gasteiger partial charge in [0.25, 0.3) is 5.91 Å². The lowest BCUT2D eigenvalue weighted by molar-refractivity contribution is -0.148. The number of amides is 1. The Kier molecular flexibility index (Phi) is 7.68. The molecule has 1 unspecified atom stereocenters. The van der Waals surface area contributed by atoms with Crippen LogP contribution >= 0.6 is 0 Å². The van der Waals surface area contributed by atoms with Gasteiger partial charge in [-0.2, -0.15) is 0 Å². The second kappa shape index (κ2) is 10.7. The first-order valence-corrected chi connectivity index (χ1v) is 11.9. The smallest absolute Gasteiger partial charge is 0.458 e. The number of hydrogen-bond acceptors (Lipinski definition) is 9. The monoisotopic (exact) mass is 481 g/mol.